The molecule has 0 saturated heterocycles. The van der Waals surface area contributed by atoms with Crippen molar-refractivity contribution < 1.29 is 9.84 Å². The second-order valence-corrected chi connectivity index (χ2v) is 4.32. The molecule has 0 fully saturated rings. The molecule has 1 aromatic rings. The van der Waals surface area contributed by atoms with Gasteiger partial charge >= 0.3 is 0 Å². The molecule has 0 aromatic heterocycles. The molecule has 0 aliphatic heterocycles. The summed E-state index contributed by atoms with van der Waals surface area (Å²) in [5.74, 6) is 0.923. The number of aliphatic hydroxyl groups is 1. The molecular formula is C13H19ClO2. The fraction of sp³-hybridized carbons (Fsp3) is 0.538. The van der Waals surface area contributed by atoms with Crippen molar-refractivity contribution >= 4 is 11.6 Å². The monoisotopic (exact) mass is 242 g/mol. The first-order valence-electron chi connectivity index (χ1n) is 5.65. The Kier molecular flexibility index (Phi) is 5.10. The molecule has 1 unspecified atom stereocenters. The van der Waals surface area contributed by atoms with E-state index in [1.165, 1.54) is 0 Å². The highest BCUT2D eigenvalue weighted by atomic mass is 35.5. The number of hydrogen-bond donors (Lipinski definition) is 1. The molecule has 3 heteroatoms. The van der Waals surface area contributed by atoms with Crippen LogP contribution < -0.4 is 4.74 Å². The molecule has 0 bridgehead atoms. The van der Waals surface area contributed by atoms with E-state index in [2.05, 4.69) is 13.8 Å². The maximum absolute atomic E-state index is 10.2. The third kappa shape index (κ3) is 2.89. The molecular weight excluding hydrogens is 224 g/mol. The normalized spacial score (nSPS) is 12.9. The number of benzene rings is 1. The Bertz CT molecular complexity index is 335. The third-order valence-electron chi connectivity index (χ3n) is 3.01. The summed E-state index contributed by atoms with van der Waals surface area (Å²) >= 11 is 6.03. The van der Waals surface area contributed by atoms with Crippen molar-refractivity contribution in [2.24, 2.45) is 5.92 Å². The van der Waals surface area contributed by atoms with Crippen molar-refractivity contribution in [2.45, 2.75) is 32.8 Å². The van der Waals surface area contributed by atoms with Crippen LogP contribution in [0.2, 0.25) is 5.02 Å². The van der Waals surface area contributed by atoms with Gasteiger partial charge in [-0.05, 0) is 23.6 Å². The van der Waals surface area contributed by atoms with Crippen LogP contribution >= 0.6 is 11.6 Å². The first kappa shape index (κ1) is 13.3. The maximum atomic E-state index is 10.2. The van der Waals surface area contributed by atoms with Gasteiger partial charge < -0.3 is 9.84 Å². The van der Waals surface area contributed by atoms with Gasteiger partial charge in [-0.25, -0.2) is 0 Å². The summed E-state index contributed by atoms with van der Waals surface area (Å²) < 4.78 is 5.08. The van der Waals surface area contributed by atoms with Gasteiger partial charge in [0.15, 0.2) is 0 Å². The highest BCUT2D eigenvalue weighted by Gasteiger charge is 2.18. The first-order chi connectivity index (χ1) is 7.63. The van der Waals surface area contributed by atoms with Gasteiger partial charge in [-0.2, -0.15) is 0 Å². The number of hydrogen-bond acceptors (Lipinski definition) is 2. The Hall–Kier alpha value is -0.730. The van der Waals surface area contributed by atoms with Crippen molar-refractivity contribution in [3.05, 3.63) is 28.8 Å². The van der Waals surface area contributed by atoms with Crippen LogP contribution in [-0.2, 0) is 0 Å². The summed E-state index contributed by atoms with van der Waals surface area (Å²) in [6, 6.07) is 5.44. The van der Waals surface area contributed by atoms with Gasteiger partial charge in [0.1, 0.15) is 5.75 Å². The zero-order valence-electron chi connectivity index (χ0n) is 10.0. The molecule has 1 aromatic carbocycles. The number of halogens is 1. The highest BCUT2D eigenvalue weighted by Crippen LogP contribution is 2.32. The Balaban J connectivity index is 2.91. The predicted molar refractivity (Wildman–Crippen MR) is 67.0 cm³/mol. The van der Waals surface area contributed by atoms with Crippen LogP contribution in [0.15, 0.2) is 18.2 Å². The third-order valence-corrected chi connectivity index (χ3v) is 3.31. The molecule has 0 radical (unpaired) electrons. The Labute approximate surface area is 102 Å². The molecule has 1 rings (SSSR count). The van der Waals surface area contributed by atoms with Gasteiger partial charge in [-0.1, -0.05) is 44.4 Å². The lowest BCUT2D eigenvalue weighted by Crippen LogP contribution is -2.10. The molecule has 0 amide bonds. The molecule has 1 atom stereocenters. The average molecular weight is 243 g/mol. The van der Waals surface area contributed by atoms with Crippen molar-refractivity contribution in [3.63, 3.8) is 0 Å². The molecule has 2 nitrogen and oxygen atoms in total. The molecule has 0 aliphatic rings. The van der Waals surface area contributed by atoms with Gasteiger partial charge in [0.25, 0.3) is 0 Å². The minimum absolute atomic E-state index is 0.282. The summed E-state index contributed by atoms with van der Waals surface area (Å²) in [4.78, 5) is 0. The molecule has 90 valence electrons. The van der Waals surface area contributed by atoms with E-state index in [1.807, 2.05) is 6.07 Å². The lowest BCUT2D eigenvalue weighted by atomic mass is 9.91. The Morgan fingerprint density at radius 1 is 1.31 bits per heavy atom. The van der Waals surface area contributed by atoms with E-state index >= 15 is 0 Å². The smallest absolute Gasteiger partial charge is 0.137 e. The van der Waals surface area contributed by atoms with Crippen molar-refractivity contribution in [1.82, 2.24) is 0 Å². The average Bonchev–Trinajstić information content (AvgIpc) is 2.30. The van der Waals surface area contributed by atoms with Crippen LogP contribution in [-0.4, -0.2) is 12.2 Å². The molecule has 0 aliphatic carbocycles. The van der Waals surface area contributed by atoms with E-state index in [1.54, 1.807) is 19.2 Å². The van der Waals surface area contributed by atoms with Crippen molar-refractivity contribution in [2.75, 3.05) is 7.11 Å². The molecule has 0 saturated carbocycles. The summed E-state index contributed by atoms with van der Waals surface area (Å²) in [6.45, 7) is 4.17. The number of ether oxygens (including phenoxy) is 1. The quantitative estimate of drug-likeness (QED) is 0.851. The van der Waals surface area contributed by atoms with E-state index in [0.29, 0.717) is 10.8 Å². The van der Waals surface area contributed by atoms with E-state index in [4.69, 9.17) is 16.3 Å². The van der Waals surface area contributed by atoms with Gasteiger partial charge in [0.05, 0.1) is 18.2 Å². The number of methoxy groups -OCH3 is 1. The predicted octanol–water partition coefficient (Wildman–Crippen LogP) is 3.82. The van der Waals surface area contributed by atoms with Crippen molar-refractivity contribution in [1.29, 1.82) is 0 Å². The number of aliphatic hydroxyl groups excluding tert-OH is 1. The molecule has 16 heavy (non-hydrogen) atoms. The zero-order valence-corrected chi connectivity index (χ0v) is 10.8. The zero-order chi connectivity index (χ0) is 12.1. The van der Waals surface area contributed by atoms with Gasteiger partial charge in [-0.3, -0.25) is 0 Å². The topological polar surface area (TPSA) is 29.5 Å². The summed E-state index contributed by atoms with van der Waals surface area (Å²) in [5, 5.41) is 10.7. The molecule has 0 heterocycles. The van der Waals surface area contributed by atoms with E-state index < -0.39 is 6.10 Å². The van der Waals surface area contributed by atoms with Gasteiger partial charge in [0.2, 0.25) is 0 Å². The van der Waals surface area contributed by atoms with Crippen LogP contribution in [0.25, 0.3) is 0 Å². The lowest BCUT2D eigenvalue weighted by molar-refractivity contribution is 0.103. The SMILES string of the molecule is CCC(CC)C(O)c1ccc(OC)c(Cl)c1. The van der Waals surface area contributed by atoms with Gasteiger partial charge in [-0.15, -0.1) is 0 Å². The second kappa shape index (κ2) is 6.12. The number of rotatable bonds is 5. The fourth-order valence-electron chi connectivity index (χ4n) is 1.87. The minimum atomic E-state index is -0.446. The van der Waals surface area contributed by atoms with E-state index in [0.717, 1.165) is 18.4 Å². The van der Waals surface area contributed by atoms with Crippen molar-refractivity contribution in [3.8, 4) is 5.75 Å². The highest BCUT2D eigenvalue weighted by molar-refractivity contribution is 6.32. The molecule has 1 N–H and O–H groups in total. The Morgan fingerprint density at radius 3 is 2.38 bits per heavy atom. The van der Waals surface area contributed by atoms with Crippen LogP contribution in [0, 0.1) is 5.92 Å². The summed E-state index contributed by atoms with van der Waals surface area (Å²) in [5.41, 5.74) is 0.861. The first-order valence-corrected chi connectivity index (χ1v) is 6.03. The second-order valence-electron chi connectivity index (χ2n) is 3.92. The van der Waals surface area contributed by atoms with Crippen LogP contribution in [0.1, 0.15) is 38.4 Å². The van der Waals surface area contributed by atoms with Crippen LogP contribution in [0.5, 0.6) is 5.75 Å². The summed E-state index contributed by atoms with van der Waals surface area (Å²) in [7, 11) is 1.58. The standard InChI is InChI=1S/C13H19ClO2/c1-4-9(5-2)13(15)10-6-7-12(16-3)11(14)8-10/h6-9,13,15H,4-5H2,1-3H3. The van der Waals surface area contributed by atoms with E-state index in [-0.39, 0.29) is 5.92 Å². The van der Waals surface area contributed by atoms with Crippen LogP contribution in [0.3, 0.4) is 0 Å². The summed E-state index contributed by atoms with van der Waals surface area (Å²) in [6.07, 6.45) is 1.47. The van der Waals surface area contributed by atoms with Crippen LogP contribution in [0.4, 0.5) is 0 Å². The Morgan fingerprint density at radius 2 is 1.94 bits per heavy atom. The van der Waals surface area contributed by atoms with E-state index in [9.17, 15) is 5.11 Å². The molecule has 0 spiro atoms. The maximum Gasteiger partial charge on any atom is 0.137 e. The lowest BCUT2D eigenvalue weighted by Gasteiger charge is -2.20. The largest absolute Gasteiger partial charge is 0.495 e. The van der Waals surface area contributed by atoms with Gasteiger partial charge in [0, 0.05) is 0 Å². The fourth-order valence-corrected chi connectivity index (χ4v) is 2.14. The minimum Gasteiger partial charge on any atom is -0.495 e.